The number of hydrogen-bond donors (Lipinski definition) is 1. The van der Waals surface area contributed by atoms with Gasteiger partial charge in [-0.3, -0.25) is 4.98 Å². The fourth-order valence-electron chi connectivity index (χ4n) is 2.06. The van der Waals surface area contributed by atoms with Gasteiger partial charge in [-0.25, -0.2) is 9.97 Å². The lowest BCUT2D eigenvalue weighted by molar-refractivity contribution is -0.141. The van der Waals surface area contributed by atoms with Crippen molar-refractivity contribution in [2.24, 2.45) is 0 Å². The largest absolute Gasteiger partial charge is 0.433 e. The van der Waals surface area contributed by atoms with Crippen LogP contribution in [0, 0.1) is 0 Å². The van der Waals surface area contributed by atoms with Crippen molar-refractivity contribution >= 4 is 46.3 Å². The molecule has 0 radical (unpaired) electrons. The quantitative estimate of drug-likeness (QED) is 0.509. The molecule has 0 aliphatic heterocycles. The summed E-state index contributed by atoms with van der Waals surface area (Å²) >= 11 is 17.7. The summed E-state index contributed by atoms with van der Waals surface area (Å²) in [6, 6.07) is 6.77. The van der Waals surface area contributed by atoms with Crippen LogP contribution in [0.2, 0.25) is 15.1 Å². The lowest BCUT2D eigenvalue weighted by Crippen LogP contribution is -2.11. The van der Waals surface area contributed by atoms with Gasteiger partial charge >= 0.3 is 6.18 Å². The Morgan fingerprint density at radius 1 is 0.962 bits per heavy atom. The lowest BCUT2D eigenvalue weighted by Gasteiger charge is -2.13. The van der Waals surface area contributed by atoms with Gasteiger partial charge in [-0.1, -0.05) is 34.8 Å². The second-order valence-corrected chi connectivity index (χ2v) is 6.27. The van der Waals surface area contributed by atoms with Gasteiger partial charge < -0.3 is 5.32 Å². The zero-order valence-corrected chi connectivity index (χ0v) is 14.9. The maximum absolute atomic E-state index is 13.2. The van der Waals surface area contributed by atoms with Crippen LogP contribution >= 0.6 is 34.8 Å². The molecule has 0 bridgehead atoms. The minimum Gasteiger partial charge on any atom is -0.340 e. The number of anilines is 2. The summed E-state index contributed by atoms with van der Waals surface area (Å²) in [5, 5.41) is 3.19. The number of alkyl halides is 3. The predicted octanol–water partition coefficient (Wildman–Crippen LogP) is 6.26. The molecule has 134 valence electrons. The van der Waals surface area contributed by atoms with E-state index in [9.17, 15) is 13.2 Å². The predicted molar refractivity (Wildman–Crippen MR) is 95.0 cm³/mol. The molecule has 0 saturated heterocycles. The summed E-state index contributed by atoms with van der Waals surface area (Å²) in [6.45, 7) is 0. The maximum atomic E-state index is 13.2. The molecule has 0 saturated carbocycles. The van der Waals surface area contributed by atoms with Gasteiger partial charge in [0.2, 0.25) is 0 Å². The first-order valence-corrected chi connectivity index (χ1v) is 8.15. The summed E-state index contributed by atoms with van der Waals surface area (Å²) < 4.78 is 39.6. The van der Waals surface area contributed by atoms with Gasteiger partial charge in [-0.05, 0) is 24.3 Å². The van der Waals surface area contributed by atoms with E-state index in [1.807, 2.05) is 0 Å². The Labute approximate surface area is 161 Å². The highest BCUT2D eigenvalue weighted by molar-refractivity contribution is 6.48. The van der Waals surface area contributed by atoms with Gasteiger partial charge in [-0.15, -0.1) is 0 Å². The molecule has 26 heavy (non-hydrogen) atoms. The number of pyridine rings is 1. The zero-order chi connectivity index (χ0) is 18.9. The van der Waals surface area contributed by atoms with Crippen LogP contribution in [0.4, 0.5) is 24.7 Å². The lowest BCUT2D eigenvalue weighted by atomic mass is 10.2. The Bertz CT molecular complexity index is 926. The molecular formula is C16H8Cl3F3N4. The second kappa shape index (κ2) is 7.26. The third-order valence-corrected chi connectivity index (χ3v) is 4.39. The van der Waals surface area contributed by atoms with E-state index in [0.717, 1.165) is 6.07 Å². The molecule has 2 aromatic heterocycles. The standard InChI is InChI=1S/C16H8Cl3F3N4/c17-10-4-9(5-11(18)14(10)19)24-13-6-12(16(20,21)22)25-15(26-13)8-2-1-3-23-7-8/h1-7H,(H,24,25,26). The summed E-state index contributed by atoms with van der Waals surface area (Å²) in [5.74, 6) is -0.206. The number of halogens is 6. The van der Waals surface area contributed by atoms with Gasteiger partial charge in [0.1, 0.15) is 5.82 Å². The monoisotopic (exact) mass is 418 g/mol. The first kappa shape index (κ1) is 18.7. The van der Waals surface area contributed by atoms with Crippen LogP contribution in [-0.2, 0) is 6.18 Å². The van der Waals surface area contributed by atoms with Crippen LogP contribution in [0.3, 0.4) is 0 Å². The van der Waals surface area contributed by atoms with E-state index in [0.29, 0.717) is 11.3 Å². The van der Waals surface area contributed by atoms with E-state index in [-0.39, 0.29) is 26.7 Å². The van der Waals surface area contributed by atoms with E-state index in [2.05, 4.69) is 20.3 Å². The second-order valence-electron chi connectivity index (χ2n) is 5.08. The Morgan fingerprint density at radius 2 is 1.65 bits per heavy atom. The fourth-order valence-corrected chi connectivity index (χ4v) is 2.65. The average Bonchev–Trinajstić information content (AvgIpc) is 2.59. The highest BCUT2D eigenvalue weighted by Crippen LogP contribution is 2.35. The Hall–Kier alpha value is -2.09. The fraction of sp³-hybridized carbons (Fsp3) is 0.0625. The Morgan fingerprint density at radius 3 is 2.23 bits per heavy atom. The summed E-state index contributed by atoms with van der Waals surface area (Å²) in [7, 11) is 0. The topological polar surface area (TPSA) is 50.7 Å². The molecule has 0 amide bonds. The molecule has 3 aromatic rings. The van der Waals surface area contributed by atoms with Gasteiger partial charge in [0.05, 0.1) is 15.1 Å². The average molecular weight is 420 g/mol. The van der Waals surface area contributed by atoms with E-state index in [1.54, 1.807) is 12.1 Å². The number of nitrogens with one attached hydrogen (secondary N) is 1. The summed E-state index contributed by atoms with van der Waals surface area (Å²) in [5.41, 5.74) is -0.429. The molecular weight excluding hydrogens is 412 g/mol. The molecule has 1 aromatic carbocycles. The van der Waals surface area contributed by atoms with Crippen molar-refractivity contribution < 1.29 is 13.2 Å². The van der Waals surface area contributed by atoms with Gasteiger partial charge in [0.15, 0.2) is 11.5 Å². The first-order chi connectivity index (χ1) is 12.2. The van der Waals surface area contributed by atoms with Gasteiger partial charge in [0.25, 0.3) is 0 Å². The smallest absolute Gasteiger partial charge is 0.340 e. The molecule has 2 heterocycles. The van der Waals surface area contributed by atoms with Crippen molar-refractivity contribution in [1.29, 1.82) is 0 Å². The molecule has 0 aliphatic rings. The van der Waals surface area contributed by atoms with E-state index >= 15 is 0 Å². The van der Waals surface area contributed by atoms with Crippen molar-refractivity contribution in [3.63, 3.8) is 0 Å². The molecule has 3 rings (SSSR count). The van der Waals surface area contributed by atoms with Crippen molar-refractivity contribution in [3.8, 4) is 11.4 Å². The van der Waals surface area contributed by atoms with Crippen molar-refractivity contribution in [2.45, 2.75) is 6.18 Å². The highest BCUT2D eigenvalue weighted by Gasteiger charge is 2.34. The molecule has 0 atom stereocenters. The Balaban J connectivity index is 2.06. The van der Waals surface area contributed by atoms with Crippen molar-refractivity contribution in [3.05, 3.63) is 63.5 Å². The van der Waals surface area contributed by atoms with E-state index < -0.39 is 11.9 Å². The highest BCUT2D eigenvalue weighted by atomic mass is 35.5. The summed E-state index contributed by atoms with van der Waals surface area (Å²) in [4.78, 5) is 11.6. The van der Waals surface area contributed by atoms with Crippen molar-refractivity contribution in [1.82, 2.24) is 15.0 Å². The Kier molecular flexibility index (Phi) is 5.22. The number of rotatable bonds is 3. The summed E-state index contributed by atoms with van der Waals surface area (Å²) in [6.07, 6.45) is -1.78. The van der Waals surface area contributed by atoms with Crippen LogP contribution in [-0.4, -0.2) is 15.0 Å². The first-order valence-electron chi connectivity index (χ1n) is 7.02. The number of benzene rings is 1. The molecule has 0 spiro atoms. The van der Waals surface area contributed by atoms with Gasteiger partial charge in [-0.2, -0.15) is 13.2 Å². The molecule has 0 fully saturated rings. The molecule has 10 heteroatoms. The normalized spacial score (nSPS) is 11.5. The number of aromatic nitrogens is 3. The number of nitrogens with zero attached hydrogens (tertiary/aromatic N) is 3. The minimum atomic E-state index is -4.65. The SMILES string of the molecule is FC(F)(F)c1cc(Nc2cc(Cl)c(Cl)c(Cl)c2)nc(-c2cccnc2)n1. The minimum absolute atomic E-state index is 0.0827. The molecule has 0 unspecified atom stereocenters. The number of hydrogen-bond acceptors (Lipinski definition) is 4. The van der Waals surface area contributed by atoms with Crippen LogP contribution < -0.4 is 5.32 Å². The third kappa shape index (κ3) is 4.17. The van der Waals surface area contributed by atoms with Gasteiger partial charge in [0, 0.05) is 29.7 Å². The van der Waals surface area contributed by atoms with Crippen molar-refractivity contribution in [2.75, 3.05) is 5.32 Å². The molecule has 1 N–H and O–H groups in total. The maximum Gasteiger partial charge on any atom is 0.433 e. The van der Waals surface area contributed by atoms with Crippen LogP contribution in [0.5, 0.6) is 0 Å². The van der Waals surface area contributed by atoms with Crippen LogP contribution in [0.25, 0.3) is 11.4 Å². The van der Waals surface area contributed by atoms with Crippen LogP contribution in [0.1, 0.15) is 5.69 Å². The van der Waals surface area contributed by atoms with Crippen LogP contribution in [0.15, 0.2) is 42.7 Å². The van der Waals surface area contributed by atoms with E-state index in [1.165, 1.54) is 24.5 Å². The molecule has 4 nitrogen and oxygen atoms in total. The zero-order valence-electron chi connectivity index (χ0n) is 12.7. The molecule has 0 aliphatic carbocycles. The van der Waals surface area contributed by atoms with E-state index in [4.69, 9.17) is 34.8 Å². The third-order valence-electron chi connectivity index (χ3n) is 3.19.